The number of nitro benzene ring substituents is 1. The van der Waals surface area contributed by atoms with Gasteiger partial charge in [0, 0.05) is 67.7 Å². The maximum Gasteiger partial charge on any atom is 0.394 e. The number of pyridine rings is 1. The number of carbonyl (C=O) groups excluding carboxylic acids is 1. The van der Waals surface area contributed by atoms with E-state index >= 15 is 0 Å². The first-order chi connectivity index (χ1) is 29.9. The van der Waals surface area contributed by atoms with Crippen LogP contribution in [0.4, 0.5) is 24.5 Å². The molecule has 0 atom stereocenters. The molecule has 0 radical (unpaired) electrons. The first-order valence-electron chi connectivity index (χ1n) is 22.5. The van der Waals surface area contributed by atoms with Crippen molar-refractivity contribution in [3.05, 3.63) is 93.3 Å². The minimum Gasteiger partial charge on any atom is -0.455 e. The van der Waals surface area contributed by atoms with E-state index in [9.17, 15) is 36.5 Å². The van der Waals surface area contributed by atoms with Gasteiger partial charge in [-0.2, -0.15) is 13.2 Å². The van der Waals surface area contributed by atoms with Crippen LogP contribution < -0.4 is 9.64 Å². The van der Waals surface area contributed by atoms with Gasteiger partial charge >= 0.3 is 6.18 Å². The number of allylic oxidation sites excluding steroid dienone is 1. The van der Waals surface area contributed by atoms with E-state index in [0.717, 1.165) is 88.1 Å². The number of aryl methyl sites for hydroxylation is 1. The van der Waals surface area contributed by atoms with Crippen LogP contribution in [0.5, 0.6) is 11.5 Å². The number of rotatable bonds is 14. The number of carbonyl (C=O) groups is 1. The quantitative estimate of drug-likeness (QED) is 0.0567. The molecule has 336 valence electrons. The number of halogens is 3. The Balaban J connectivity index is 0.917. The zero-order chi connectivity index (χ0) is 44.4. The number of sulfone groups is 1. The van der Waals surface area contributed by atoms with E-state index in [2.05, 4.69) is 33.6 Å². The smallest absolute Gasteiger partial charge is 0.394 e. The number of H-pyrrole nitrogens is 1. The number of anilines is 1. The van der Waals surface area contributed by atoms with Gasteiger partial charge in [0.2, 0.25) is 0 Å². The molecule has 0 amide bonds. The Labute approximate surface area is 366 Å². The van der Waals surface area contributed by atoms with Crippen LogP contribution >= 0.6 is 0 Å². The average molecular weight is 888 g/mol. The van der Waals surface area contributed by atoms with Crippen LogP contribution in [0.25, 0.3) is 11.0 Å². The Kier molecular flexibility index (Phi) is 11.3. The van der Waals surface area contributed by atoms with E-state index in [1.807, 2.05) is 6.07 Å². The molecule has 1 aliphatic heterocycles. The highest BCUT2D eigenvalue weighted by Crippen LogP contribution is 2.82. The molecule has 10 rings (SSSR count). The lowest BCUT2D eigenvalue weighted by atomic mass is 9.31. The third-order valence-corrected chi connectivity index (χ3v) is 16.6. The van der Waals surface area contributed by atoms with E-state index in [-0.39, 0.29) is 52.0 Å². The summed E-state index contributed by atoms with van der Waals surface area (Å²) in [7, 11) is -4.30. The predicted molar refractivity (Wildman–Crippen MR) is 235 cm³/mol. The summed E-state index contributed by atoms with van der Waals surface area (Å²) in [5.74, 6) is -0.618. The molecule has 0 spiro atoms. The van der Waals surface area contributed by atoms with Crippen molar-refractivity contribution in [1.29, 1.82) is 0 Å². The van der Waals surface area contributed by atoms with Crippen LogP contribution in [-0.4, -0.2) is 78.6 Å². The molecular weight excluding hydrogens is 832 g/mol. The minimum absolute atomic E-state index is 0.0503. The standard InChI is InChI=1S/C48H56F3N5O6S/c1-45(2)16-14-35(40(25-45)46-29-47(30-46,31-46)48(49,50)51)27-54-18-20-55(21-19-54)36-11-13-39(43(23-36)62-37-22-34-15-17-52-44(34)53-26-37)42(57)28-63(60,61)38-12-10-33(41(24-38)56(58)59)9-8-32-6-4-3-5-7-32/h10-13,15,17,22-24,26,32H,3-9,14,16,18-21,25,27-31H2,1-2H3,(H,52,53). The van der Waals surface area contributed by atoms with E-state index in [0.29, 0.717) is 42.4 Å². The van der Waals surface area contributed by atoms with E-state index in [1.165, 1.54) is 35.9 Å². The van der Waals surface area contributed by atoms with Crippen molar-refractivity contribution in [3.8, 4) is 11.5 Å². The van der Waals surface area contributed by atoms with Gasteiger partial charge in [0.05, 0.1) is 27.0 Å². The average Bonchev–Trinajstić information content (AvgIpc) is 3.68. The number of aromatic amines is 1. The maximum atomic E-state index is 14.0. The number of Topliss-reactive ketones (excluding diaryl/α,β-unsaturated/α-hetero) is 1. The van der Waals surface area contributed by atoms with Crippen molar-refractivity contribution in [2.45, 2.75) is 108 Å². The number of hydrogen-bond acceptors (Lipinski definition) is 9. The second-order valence-electron chi connectivity index (χ2n) is 19.9. The summed E-state index contributed by atoms with van der Waals surface area (Å²) >= 11 is 0. The van der Waals surface area contributed by atoms with Gasteiger partial charge in [-0.3, -0.25) is 19.8 Å². The number of aromatic nitrogens is 2. The van der Waals surface area contributed by atoms with Crippen molar-refractivity contribution in [2.75, 3.05) is 43.4 Å². The molecule has 11 nitrogen and oxygen atoms in total. The molecule has 4 saturated carbocycles. The Hall–Kier alpha value is -4.76. The van der Waals surface area contributed by atoms with Crippen molar-refractivity contribution < 1.29 is 36.0 Å². The summed E-state index contributed by atoms with van der Waals surface area (Å²) in [6.45, 7) is 7.97. The Morgan fingerprint density at radius 1 is 1.00 bits per heavy atom. The van der Waals surface area contributed by atoms with E-state index < -0.39 is 37.9 Å². The number of nitro groups is 1. The molecule has 4 aromatic rings. The summed E-state index contributed by atoms with van der Waals surface area (Å²) in [5.41, 5.74) is 2.61. The van der Waals surface area contributed by atoms with Crippen LogP contribution in [0.3, 0.4) is 0 Å². The van der Waals surface area contributed by atoms with Crippen molar-refractivity contribution in [1.82, 2.24) is 14.9 Å². The fourth-order valence-electron chi connectivity index (χ4n) is 11.3. The predicted octanol–water partition coefficient (Wildman–Crippen LogP) is 10.8. The summed E-state index contributed by atoms with van der Waals surface area (Å²) in [6.07, 6.45) is 9.61. The second kappa shape index (κ2) is 16.3. The third kappa shape index (κ3) is 8.63. The van der Waals surface area contributed by atoms with Gasteiger partial charge in [0.25, 0.3) is 5.69 Å². The summed E-state index contributed by atoms with van der Waals surface area (Å²) in [6, 6.07) is 12.7. The minimum atomic E-state index is -4.30. The lowest BCUT2D eigenvalue weighted by Crippen LogP contribution is -2.69. The van der Waals surface area contributed by atoms with Crippen molar-refractivity contribution in [3.63, 3.8) is 0 Å². The van der Waals surface area contributed by atoms with Gasteiger partial charge in [-0.1, -0.05) is 63.2 Å². The normalized spacial score (nSPS) is 24.2. The third-order valence-electron chi connectivity index (χ3n) is 15.0. The van der Waals surface area contributed by atoms with E-state index in [1.54, 1.807) is 30.5 Å². The van der Waals surface area contributed by atoms with Crippen LogP contribution in [0.2, 0.25) is 0 Å². The Morgan fingerprint density at radius 2 is 1.75 bits per heavy atom. The van der Waals surface area contributed by atoms with Gasteiger partial charge in [0.15, 0.2) is 15.6 Å². The molecular formula is C48H56F3N5O6S. The SMILES string of the molecule is CC1(C)CCC(CN2CCN(c3ccc(C(=O)CS(=O)(=O)c4ccc(CCC5CCCCC5)c([N+](=O)[O-])c4)c(Oc4cnc5[nH]ccc5c4)c3)CC2)=C(C23CC(C(F)(F)F)(C2)C3)C1. The number of nitrogens with zero attached hydrogens (tertiary/aromatic N) is 4. The molecule has 6 aliphatic rings. The summed E-state index contributed by atoms with van der Waals surface area (Å²) in [5, 5.41) is 12.9. The topological polar surface area (TPSA) is 139 Å². The van der Waals surface area contributed by atoms with Gasteiger partial charge in [0.1, 0.15) is 22.9 Å². The number of alkyl halides is 3. The lowest BCUT2D eigenvalue weighted by molar-refractivity contribution is -0.385. The van der Waals surface area contributed by atoms with Gasteiger partial charge in [-0.15, -0.1) is 0 Å². The number of ether oxygens (including phenoxy) is 1. The van der Waals surface area contributed by atoms with Gasteiger partial charge in [-0.25, -0.2) is 13.4 Å². The highest BCUT2D eigenvalue weighted by molar-refractivity contribution is 7.92. The molecule has 5 aliphatic carbocycles. The molecule has 2 aromatic heterocycles. The first-order valence-corrected chi connectivity index (χ1v) is 24.1. The largest absolute Gasteiger partial charge is 0.455 e. The molecule has 2 bridgehead atoms. The molecule has 5 fully saturated rings. The van der Waals surface area contributed by atoms with E-state index in [4.69, 9.17) is 4.74 Å². The highest BCUT2D eigenvalue weighted by atomic mass is 32.2. The number of ketones is 1. The Morgan fingerprint density at radius 3 is 2.46 bits per heavy atom. The van der Waals surface area contributed by atoms with Crippen LogP contribution in [0.15, 0.2) is 77.0 Å². The first kappa shape index (κ1) is 43.5. The number of benzene rings is 2. The van der Waals surface area contributed by atoms with Crippen LogP contribution in [-0.2, 0) is 16.3 Å². The van der Waals surface area contributed by atoms with Crippen molar-refractivity contribution in [2.24, 2.45) is 22.2 Å². The zero-order valence-electron chi connectivity index (χ0n) is 36.1. The second-order valence-corrected chi connectivity index (χ2v) is 21.9. The molecule has 1 saturated heterocycles. The molecule has 0 unspecified atom stereocenters. The summed E-state index contributed by atoms with van der Waals surface area (Å²) in [4.78, 5) is 37.4. The molecule has 3 heterocycles. The fraction of sp³-hybridized carbons (Fsp3) is 0.542. The molecule has 63 heavy (non-hydrogen) atoms. The number of piperazine rings is 1. The monoisotopic (exact) mass is 887 g/mol. The summed E-state index contributed by atoms with van der Waals surface area (Å²) < 4.78 is 75.5. The van der Waals surface area contributed by atoms with Crippen LogP contribution in [0.1, 0.15) is 107 Å². The van der Waals surface area contributed by atoms with Crippen LogP contribution in [0, 0.1) is 32.3 Å². The highest BCUT2D eigenvalue weighted by Gasteiger charge is 2.79. The number of fused-ring (bicyclic) bond motifs is 1. The van der Waals surface area contributed by atoms with Gasteiger partial charge < -0.3 is 14.6 Å². The zero-order valence-corrected chi connectivity index (χ0v) is 36.9. The van der Waals surface area contributed by atoms with Gasteiger partial charge in [-0.05, 0) is 98.4 Å². The fourth-order valence-corrected chi connectivity index (χ4v) is 12.6. The molecule has 2 aromatic carbocycles. The van der Waals surface area contributed by atoms with Crippen molar-refractivity contribution >= 4 is 38.0 Å². The maximum absolute atomic E-state index is 14.0. The molecule has 15 heteroatoms. The Bertz CT molecular complexity index is 2550. The molecule has 1 N–H and O–H groups in total. The number of hydrogen-bond donors (Lipinski definition) is 1. The number of nitrogens with one attached hydrogen (secondary N) is 1. The lowest BCUT2D eigenvalue weighted by Gasteiger charge is -2.72.